The third-order valence-electron chi connectivity index (χ3n) is 4.74. The Morgan fingerprint density at radius 3 is 3.04 bits per heavy atom. The van der Waals surface area contributed by atoms with Crippen LogP contribution >= 0.6 is 0 Å². The Kier molecular flexibility index (Phi) is 5.23. The highest BCUT2D eigenvalue weighted by atomic mass is 16.5. The molecule has 0 saturated carbocycles. The van der Waals surface area contributed by atoms with Gasteiger partial charge < -0.3 is 20.4 Å². The zero-order chi connectivity index (χ0) is 17.8. The highest BCUT2D eigenvalue weighted by Gasteiger charge is 2.23. The first-order valence-corrected chi connectivity index (χ1v) is 8.60. The summed E-state index contributed by atoms with van der Waals surface area (Å²) in [7, 11) is 1.55. The summed E-state index contributed by atoms with van der Waals surface area (Å²) in [5.41, 5.74) is 0.678. The maximum absolute atomic E-state index is 12.6. The van der Waals surface area contributed by atoms with Gasteiger partial charge in [0, 0.05) is 24.3 Å². The van der Waals surface area contributed by atoms with E-state index in [-0.39, 0.29) is 17.1 Å². The van der Waals surface area contributed by atoms with Crippen LogP contribution in [-0.2, 0) is 0 Å². The Morgan fingerprint density at radius 2 is 2.28 bits per heavy atom. The zero-order valence-electron chi connectivity index (χ0n) is 14.6. The first-order chi connectivity index (χ1) is 12.1. The summed E-state index contributed by atoms with van der Waals surface area (Å²) >= 11 is 0. The molecule has 0 spiro atoms. The number of likely N-dealkylation sites (tertiary alicyclic amines) is 1. The van der Waals surface area contributed by atoms with Crippen LogP contribution in [0.2, 0.25) is 0 Å². The van der Waals surface area contributed by atoms with E-state index in [0.29, 0.717) is 29.2 Å². The van der Waals surface area contributed by atoms with Gasteiger partial charge in [-0.15, -0.1) is 0 Å². The van der Waals surface area contributed by atoms with Crippen molar-refractivity contribution in [1.82, 2.24) is 15.2 Å². The number of nitrogens with one attached hydrogen (secondary N) is 3. The van der Waals surface area contributed by atoms with Gasteiger partial charge in [-0.05, 0) is 44.1 Å². The fourth-order valence-corrected chi connectivity index (χ4v) is 3.34. The number of nitrogens with zero attached hydrogens (tertiary/aromatic N) is 1. The summed E-state index contributed by atoms with van der Waals surface area (Å²) in [6.07, 6.45) is 3.77. The molecule has 1 atom stereocenters. The van der Waals surface area contributed by atoms with Crippen LogP contribution in [0.25, 0.3) is 10.9 Å². The molecule has 25 heavy (non-hydrogen) atoms. The molecule has 2 heterocycles. The molecule has 0 unspecified atom stereocenters. The van der Waals surface area contributed by atoms with E-state index in [4.69, 9.17) is 4.74 Å². The van der Waals surface area contributed by atoms with Gasteiger partial charge in [-0.25, -0.2) is 4.79 Å². The van der Waals surface area contributed by atoms with Gasteiger partial charge in [0.1, 0.15) is 11.4 Å². The van der Waals surface area contributed by atoms with Crippen LogP contribution in [0.15, 0.2) is 29.2 Å². The van der Waals surface area contributed by atoms with Crippen LogP contribution in [0, 0.1) is 0 Å². The first-order valence-electron chi connectivity index (χ1n) is 8.60. The molecule has 134 valence electrons. The number of fused-ring (bicyclic) bond motifs is 1. The molecule has 3 rings (SSSR count). The van der Waals surface area contributed by atoms with Crippen LogP contribution < -0.4 is 20.8 Å². The Hall–Kier alpha value is -2.54. The molecule has 1 aliphatic rings. The quantitative estimate of drug-likeness (QED) is 0.776. The normalized spacial score (nSPS) is 17.6. The number of ether oxygens (including phenoxy) is 1. The zero-order valence-corrected chi connectivity index (χ0v) is 14.6. The number of aromatic nitrogens is 1. The average Bonchev–Trinajstić information content (AvgIpc) is 3.09. The molecule has 1 aromatic heterocycles. The number of amides is 2. The second-order valence-corrected chi connectivity index (χ2v) is 6.20. The average molecular weight is 344 g/mol. The van der Waals surface area contributed by atoms with Gasteiger partial charge >= 0.3 is 6.03 Å². The summed E-state index contributed by atoms with van der Waals surface area (Å²) < 4.78 is 5.16. The maximum atomic E-state index is 12.6. The number of hydrogen-bond acceptors (Lipinski definition) is 4. The van der Waals surface area contributed by atoms with Crippen molar-refractivity contribution in [3.63, 3.8) is 0 Å². The van der Waals surface area contributed by atoms with Crippen molar-refractivity contribution in [3.8, 4) is 5.75 Å². The lowest BCUT2D eigenvalue weighted by molar-refractivity contribution is 0.238. The molecule has 0 radical (unpaired) electrons. The van der Waals surface area contributed by atoms with E-state index in [1.165, 1.54) is 6.20 Å². The number of H-pyrrole nitrogens is 1. The Bertz CT molecular complexity index is 818. The van der Waals surface area contributed by atoms with Crippen molar-refractivity contribution in [3.05, 3.63) is 34.6 Å². The number of urea groups is 1. The second-order valence-electron chi connectivity index (χ2n) is 6.20. The Labute approximate surface area is 146 Å². The van der Waals surface area contributed by atoms with E-state index in [1.807, 2.05) is 0 Å². The number of aromatic amines is 1. The molecule has 1 aliphatic heterocycles. The summed E-state index contributed by atoms with van der Waals surface area (Å²) in [5, 5.41) is 5.99. The molecule has 2 aromatic rings. The molecule has 7 heteroatoms. The second kappa shape index (κ2) is 7.57. The fourth-order valence-electron chi connectivity index (χ4n) is 3.34. The van der Waals surface area contributed by atoms with Gasteiger partial charge in [-0.3, -0.25) is 9.69 Å². The smallest absolute Gasteiger partial charge is 0.319 e. The number of likely N-dealkylation sites (N-methyl/N-ethyl adjacent to an activating group) is 1. The van der Waals surface area contributed by atoms with Crippen molar-refractivity contribution >= 4 is 22.6 Å². The van der Waals surface area contributed by atoms with E-state index in [2.05, 4.69) is 27.4 Å². The third-order valence-corrected chi connectivity index (χ3v) is 4.74. The van der Waals surface area contributed by atoms with Crippen molar-refractivity contribution < 1.29 is 9.53 Å². The van der Waals surface area contributed by atoms with E-state index >= 15 is 0 Å². The van der Waals surface area contributed by atoms with Gasteiger partial charge in [0.15, 0.2) is 0 Å². The van der Waals surface area contributed by atoms with Crippen LogP contribution in [0.1, 0.15) is 19.8 Å². The van der Waals surface area contributed by atoms with E-state index in [1.54, 1.807) is 25.3 Å². The van der Waals surface area contributed by atoms with Crippen LogP contribution in [0.3, 0.4) is 0 Å². The van der Waals surface area contributed by atoms with Crippen molar-refractivity contribution in [2.45, 2.75) is 25.8 Å². The number of carbonyl (C=O) groups excluding carboxylic acids is 1. The number of anilines is 1. The number of carbonyl (C=O) groups is 1. The predicted molar refractivity (Wildman–Crippen MR) is 98.4 cm³/mol. The van der Waals surface area contributed by atoms with Crippen LogP contribution in [-0.4, -0.2) is 48.7 Å². The van der Waals surface area contributed by atoms with E-state index in [9.17, 15) is 9.59 Å². The molecule has 3 N–H and O–H groups in total. The SMILES string of the molecule is CCN1CCC[C@H]1CNC(=O)Nc1c[nH]c2ccc(OC)cc2c1=O. The van der Waals surface area contributed by atoms with E-state index < -0.39 is 0 Å². The topological polar surface area (TPSA) is 86.5 Å². The van der Waals surface area contributed by atoms with Gasteiger partial charge in [-0.2, -0.15) is 0 Å². The lowest BCUT2D eigenvalue weighted by Crippen LogP contribution is -2.41. The molecule has 1 saturated heterocycles. The van der Waals surface area contributed by atoms with Crippen molar-refractivity contribution in [2.24, 2.45) is 0 Å². The molecule has 1 fully saturated rings. The summed E-state index contributed by atoms with van der Waals surface area (Å²) in [6.45, 7) is 4.77. The highest BCUT2D eigenvalue weighted by molar-refractivity contribution is 5.92. The largest absolute Gasteiger partial charge is 0.497 e. The fraction of sp³-hybridized carbons (Fsp3) is 0.444. The number of hydrogen-bond donors (Lipinski definition) is 3. The summed E-state index contributed by atoms with van der Waals surface area (Å²) in [5.74, 6) is 0.598. The monoisotopic (exact) mass is 344 g/mol. The van der Waals surface area contributed by atoms with Gasteiger partial charge in [0.05, 0.1) is 12.5 Å². The lowest BCUT2D eigenvalue weighted by Gasteiger charge is -2.22. The summed E-state index contributed by atoms with van der Waals surface area (Å²) in [4.78, 5) is 30.1. The molecular formula is C18H24N4O3. The van der Waals surface area contributed by atoms with Crippen molar-refractivity contribution in [1.29, 1.82) is 0 Å². The van der Waals surface area contributed by atoms with Crippen LogP contribution in [0.5, 0.6) is 5.75 Å². The number of methoxy groups -OCH3 is 1. The van der Waals surface area contributed by atoms with E-state index in [0.717, 1.165) is 25.9 Å². The number of pyridine rings is 1. The van der Waals surface area contributed by atoms with Gasteiger partial charge in [0.25, 0.3) is 0 Å². The first kappa shape index (κ1) is 17.3. The minimum absolute atomic E-state index is 0.219. The molecule has 0 aliphatic carbocycles. The number of benzene rings is 1. The minimum Gasteiger partial charge on any atom is -0.497 e. The standard InChI is InChI=1S/C18H24N4O3/c1-3-22-8-4-5-12(22)10-20-18(24)21-16-11-19-15-7-6-13(25-2)9-14(15)17(16)23/h6-7,9,11-12H,3-5,8,10H2,1-2H3,(H,19,23)(H2,20,21,24)/t12-/m0/s1. The molecule has 2 amide bonds. The molecular weight excluding hydrogens is 320 g/mol. The lowest BCUT2D eigenvalue weighted by atomic mass is 10.2. The molecule has 7 nitrogen and oxygen atoms in total. The molecule has 0 bridgehead atoms. The maximum Gasteiger partial charge on any atom is 0.319 e. The highest BCUT2D eigenvalue weighted by Crippen LogP contribution is 2.18. The van der Waals surface area contributed by atoms with Gasteiger partial charge in [0.2, 0.25) is 5.43 Å². The molecule has 1 aromatic carbocycles. The van der Waals surface area contributed by atoms with Crippen molar-refractivity contribution in [2.75, 3.05) is 32.1 Å². The Balaban J connectivity index is 1.68. The third kappa shape index (κ3) is 3.76. The summed E-state index contributed by atoms with van der Waals surface area (Å²) in [6, 6.07) is 5.22. The number of rotatable bonds is 5. The van der Waals surface area contributed by atoms with Gasteiger partial charge in [-0.1, -0.05) is 6.92 Å². The minimum atomic E-state index is -0.365. The Morgan fingerprint density at radius 1 is 1.44 bits per heavy atom. The predicted octanol–water partition coefficient (Wildman–Crippen LogP) is 2.14. The van der Waals surface area contributed by atoms with Crippen LogP contribution in [0.4, 0.5) is 10.5 Å².